The van der Waals surface area contributed by atoms with Crippen molar-refractivity contribution < 1.29 is 38.8 Å². The third-order valence-electron chi connectivity index (χ3n) is 5.28. The molecule has 0 saturated carbocycles. The van der Waals surface area contributed by atoms with Gasteiger partial charge < -0.3 is 29.3 Å². The minimum Gasteiger partial charge on any atom is -0.497 e. The minimum atomic E-state index is -1.17. The molecule has 32 heavy (non-hydrogen) atoms. The molecular weight excluding hydrogens is 418 g/mol. The molecule has 0 unspecified atom stereocenters. The van der Waals surface area contributed by atoms with Crippen LogP contribution in [0.2, 0.25) is 0 Å². The number of aliphatic hydroxyl groups excluding tert-OH is 1. The lowest BCUT2D eigenvalue weighted by molar-refractivity contribution is -0.148. The number of carboxylic acid groups (broad SMARTS) is 1. The summed E-state index contributed by atoms with van der Waals surface area (Å²) in [6, 6.07) is 10.7. The first-order valence-corrected chi connectivity index (χ1v) is 9.91. The van der Waals surface area contributed by atoms with Gasteiger partial charge in [-0.1, -0.05) is 12.1 Å². The number of rotatable bonds is 6. The number of methoxy groups -OCH3 is 1. The Balaban J connectivity index is 1.44. The molecule has 0 bridgehead atoms. The number of hydrogen-bond donors (Lipinski definition) is 2. The van der Waals surface area contributed by atoms with E-state index < -0.39 is 30.6 Å². The molecule has 2 N–H and O–H groups in total. The van der Waals surface area contributed by atoms with Gasteiger partial charge in [-0.3, -0.25) is 9.59 Å². The standard InChI is InChI=1S/C23H21NO8/c1-30-15-4-2-3-13(7-15)8-20-22(27)17-6-5-16(10-19(17)32-20)31-12-21(26)24-11-14(25)9-18(24)23(28)29/h2-8,10,14,18,25H,9,11-12H2,1H3,(H,28,29)/b20-8-/t14-,18-/m0/s1. The van der Waals surface area contributed by atoms with E-state index in [9.17, 15) is 24.6 Å². The van der Waals surface area contributed by atoms with Crippen LogP contribution in [0.15, 0.2) is 48.2 Å². The van der Waals surface area contributed by atoms with Gasteiger partial charge in [-0.2, -0.15) is 0 Å². The van der Waals surface area contributed by atoms with Crippen molar-refractivity contribution in [3.63, 3.8) is 0 Å². The number of likely N-dealkylation sites (tertiary alicyclic amines) is 1. The van der Waals surface area contributed by atoms with Gasteiger partial charge in [-0.25, -0.2) is 4.79 Å². The number of carboxylic acids is 1. The third kappa shape index (κ3) is 4.28. The second-order valence-corrected chi connectivity index (χ2v) is 7.45. The number of allylic oxidation sites excluding steroid dienone is 1. The predicted molar refractivity (Wildman–Crippen MR) is 112 cm³/mol. The van der Waals surface area contributed by atoms with Crippen molar-refractivity contribution in [2.75, 3.05) is 20.3 Å². The van der Waals surface area contributed by atoms with E-state index in [0.717, 1.165) is 10.5 Å². The molecule has 2 aromatic carbocycles. The fourth-order valence-electron chi connectivity index (χ4n) is 3.69. The van der Waals surface area contributed by atoms with E-state index in [0.29, 0.717) is 22.8 Å². The Bertz CT molecular complexity index is 1110. The molecule has 0 spiro atoms. The summed E-state index contributed by atoms with van der Waals surface area (Å²) in [4.78, 5) is 37.4. The highest BCUT2D eigenvalue weighted by molar-refractivity contribution is 6.14. The number of ketones is 1. The van der Waals surface area contributed by atoms with Crippen LogP contribution in [0.25, 0.3) is 6.08 Å². The van der Waals surface area contributed by atoms with Crippen LogP contribution >= 0.6 is 0 Å². The number of benzene rings is 2. The maximum absolute atomic E-state index is 12.6. The SMILES string of the molecule is COc1cccc(/C=C2\Oc3cc(OCC(=O)N4C[C@@H](O)C[C@H]4C(=O)O)ccc3C2=O)c1. The second-order valence-electron chi connectivity index (χ2n) is 7.45. The van der Waals surface area contributed by atoms with Crippen LogP contribution in [0.3, 0.4) is 0 Å². The molecule has 1 fully saturated rings. The molecule has 4 rings (SSSR count). The van der Waals surface area contributed by atoms with Gasteiger partial charge in [0.25, 0.3) is 5.91 Å². The minimum absolute atomic E-state index is 0.0156. The fraction of sp³-hybridized carbons (Fsp3) is 0.261. The lowest BCUT2D eigenvalue weighted by Crippen LogP contribution is -2.42. The number of fused-ring (bicyclic) bond motifs is 1. The van der Waals surface area contributed by atoms with Gasteiger partial charge in [-0.05, 0) is 35.9 Å². The summed E-state index contributed by atoms with van der Waals surface area (Å²) < 4.78 is 16.4. The Labute approximate surface area is 183 Å². The highest BCUT2D eigenvalue weighted by Crippen LogP contribution is 2.35. The topological polar surface area (TPSA) is 123 Å². The van der Waals surface area contributed by atoms with Crippen molar-refractivity contribution in [2.45, 2.75) is 18.6 Å². The van der Waals surface area contributed by atoms with E-state index in [-0.39, 0.29) is 24.5 Å². The second kappa shape index (κ2) is 8.72. The zero-order valence-corrected chi connectivity index (χ0v) is 17.2. The summed E-state index contributed by atoms with van der Waals surface area (Å²) in [5.74, 6) is -0.607. The number of aliphatic hydroxyl groups is 1. The Morgan fingerprint density at radius 3 is 2.78 bits per heavy atom. The zero-order valence-electron chi connectivity index (χ0n) is 17.2. The largest absolute Gasteiger partial charge is 0.497 e. The van der Waals surface area contributed by atoms with Crippen molar-refractivity contribution >= 4 is 23.7 Å². The lowest BCUT2D eigenvalue weighted by Gasteiger charge is -2.21. The van der Waals surface area contributed by atoms with Crippen LogP contribution in [0, 0.1) is 0 Å². The Kier molecular flexibility index (Phi) is 5.83. The molecule has 9 heteroatoms. The number of Topliss-reactive ketones (excluding diaryl/α,β-unsaturated/α-hetero) is 1. The fourth-order valence-corrected chi connectivity index (χ4v) is 3.69. The van der Waals surface area contributed by atoms with Gasteiger partial charge >= 0.3 is 5.97 Å². The molecule has 1 saturated heterocycles. The average molecular weight is 439 g/mol. The van der Waals surface area contributed by atoms with Gasteiger partial charge in [0.05, 0.1) is 18.8 Å². The quantitative estimate of drug-likeness (QED) is 0.653. The first-order chi connectivity index (χ1) is 15.4. The van der Waals surface area contributed by atoms with Crippen LogP contribution in [0.5, 0.6) is 17.2 Å². The van der Waals surface area contributed by atoms with Crippen LogP contribution < -0.4 is 14.2 Å². The van der Waals surface area contributed by atoms with E-state index >= 15 is 0 Å². The summed E-state index contributed by atoms with van der Waals surface area (Å²) in [6.07, 6.45) is 0.715. The monoisotopic (exact) mass is 439 g/mol. The molecule has 0 aromatic heterocycles. The first-order valence-electron chi connectivity index (χ1n) is 9.91. The molecule has 2 heterocycles. The molecular formula is C23H21NO8. The Morgan fingerprint density at radius 2 is 2.03 bits per heavy atom. The predicted octanol–water partition coefficient (Wildman–Crippen LogP) is 1.74. The van der Waals surface area contributed by atoms with Gasteiger partial charge in [0.1, 0.15) is 23.3 Å². The number of hydrogen-bond acceptors (Lipinski definition) is 7. The van der Waals surface area contributed by atoms with E-state index in [4.69, 9.17) is 14.2 Å². The summed E-state index contributed by atoms with van der Waals surface area (Å²) in [5, 5.41) is 18.9. The van der Waals surface area contributed by atoms with Crippen molar-refractivity contribution in [2.24, 2.45) is 0 Å². The summed E-state index contributed by atoms with van der Waals surface area (Å²) >= 11 is 0. The third-order valence-corrected chi connectivity index (χ3v) is 5.28. The van der Waals surface area contributed by atoms with E-state index in [1.807, 2.05) is 6.07 Å². The first kappa shape index (κ1) is 21.4. The average Bonchev–Trinajstić information content (AvgIpc) is 3.32. The Morgan fingerprint density at radius 1 is 1.22 bits per heavy atom. The van der Waals surface area contributed by atoms with Crippen molar-refractivity contribution in [1.29, 1.82) is 0 Å². The number of carbonyl (C=O) groups excluding carboxylic acids is 2. The normalized spacial score (nSPS) is 20.8. The molecule has 2 aromatic rings. The molecule has 2 aliphatic rings. The number of β-amino-alcohol motifs (C(OH)–C–C–N with tert-alkyl or cyclic N) is 1. The number of carbonyl (C=O) groups is 3. The Hall–Kier alpha value is -3.85. The molecule has 0 aliphatic carbocycles. The van der Waals surface area contributed by atoms with Crippen LogP contribution in [-0.2, 0) is 9.59 Å². The van der Waals surface area contributed by atoms with Gasteiger partial charge in [-0.15, -0.1) is 0 Å². The number of aliphatic carboxylic acids is 1. The molecule has 9 nitrogen and oxygen atoms in total. The number of amides is 1. The van der Waals surface area contributed by atoms with Crippen molar-refractivity contribution in [1.82, 2.24) is 4.90 Å². The van der Waals surface area contributed by atoms with E-state index in [1.54, 1.807) is 37.5 Å². The lowest BCUT2D eigenvalue weighted by atomic mass is 10.1. The number of ether oxygens (including phenoxy) is 3. The van der Waals surface area contributed by atoms with Crippen LogP contribution in [0.1, 0.15) is 22.3 Å². The van der Waals surface area contributed by atoms with Crippen LogP contribution in [0.4, 0.5) is 0 Å². The highest BCUT2D eigenvalue weighted by atomic mass is 16.5. The molecule has 0 radical (unpaired) electrons. The summed E-state index contributed by atoms with van der Waals surface area (Å²) in [7, 11) is 1.55. The molecule has 2 atom stereocenters. The summed E-state index contributed by atoms with van der Waals surface area (Å²) in [6.45, 7) is -0.463. The maximum atomic E-state index is 12.6. The molecule has 1 amide bonds. The maximum Gasteiger partial charge on any atom is 0.326 e. The molecule has 166 valence electrons. The van der Waals surface area contributed by atoms with Crippen molar-refractivity contribution in [3.05, 3.63) is 59.4 Å². The smallest absolute Gasteiger partial charge is 0.326 e. The van der Waals surface area contributed by atoms with E-state index in [1.165, 1.54) is 12.1 Å². The zero-order chi connectivity index (χ0) is 22.8. The van der Waals surface area contributed by atoms with Crippen molar-refractivity contribution in [3.8, 4) is 17.2 Å². The van der Waals surface area contributed by atoms with Gasteiger partial charge in [0, 0.05) is 19.0 Å². The van der Waals surface area contributed by atoms with E-state index in [2.05, 4.69) is 0 Å². The van der Waals surface area contributed by atoms with Crippen LogP contribution in [-0.4, -0.2) is 65.2 Å². The highest BCUT2D eigenvalue weighted by Gasteiger charge is 2.39. The van der Waals surface area contributed by atoms with Gasteiger partial charge in [0.2, 0.25) is 5.78 Å². The molecule has 2 aliphatic heterocycles. The summed E-state index contributed by atoms with van der Waals surface area (Å²) in [5.41, 5.74) is 1.11. The van der Waals surface area contributed by atoms with Gasteiger partial charge in [0.15, 0.2) is 12.4 Å². The number of nitrogens with zero attached hydrogens (tertiary/aromatic N) is 1.